The maximum absolute atomic E-state index is 12.4. The summed E-state index contributed by atoms with van der Waals surface area (Å²) in [5.74, 6) is -0.184. The van der Waals surface area contributed by atoms with Crippen molar-refractivity contribution < 1.29 is 19.1 Å². The summed E-state index contributed by atoms with van der Waals surface area (Å²) in [6.07, 6.45) is 1.08. The van der Waals surface area contributed by atoms with Gasteiger partial charge in [0.05, 0.1) is 5.92 Å². The Labute approximate surface area is 182 Å². The van der Waals surface area contributed by atoms with Crippen LogP contribution in [0.2, 0.25) is 0 Å². The highest BCUT2D eigenvalue weighted by Gasteiger charge is 2.34. The molecule has 0 aliphatic carbocycles. The number of rotatable bonds is 8. The molecule has 2 aromatic rings. The summed E-state index contributed by atoms with van der Waals surface area (Å²) in [4.78, 5) is 38.4. The van der Waals surface area contributed by atoms with Crippen LogP contribution in [-0.4, -0.2) is 37.4 Å². The highest BCUT2D eigenvalue weighted by molar-refractivity contribution is 6.00. The van der Waals surface area contributed by atoms with Crippen molar-refractivity contribution in [1.29, 1.82) is 0 Å². The topological polar surface area (TPSA) is 87.7 Å². The van der Waals surface area contributed by atoms with E-state index in [-0.39, 0.29) is 36.7 Å². The van der Waals surface area contributed by atoms with E-state index in [1.807, 2.05) is 39.0 Å². The molecule has 2 N–H and O–H groups in total. The summed E-state index contributed by atoms with van der Waals surface area (Å²) in [5.41, 5.74) is 3.50. The van der Waals surface area contributed by atoms with Crippen molar-refractivity contribution in [1.82, 2.24) is 5.32 Å². The van der Waals surface area contributed by atoms with E-state index >= 15 is 0 Å². The number of hydrogen-bond acceptors (Lipinski definition) is 4. The standard InChI is InChI=1S/C24H29N3O4/c1-4-12-25-24(30)18-13-22(29)27(14-18)19-8-10-20(11-9-19)31-15-21(28)26-23-16(2)6-5-7-17(23)3/h5-11,18H,4,12-15H2,1-3H3,(H,25,30)(H,26,28). The highest BCUT2D eigenvalue weighted by Crippen LogP contribution is 2.27. The average Bonchev–Trinajstić information content (AvgIpc) is 3.15. The van der Waals surface area contributed by atoms with Gasteiger partial charge in [0.15, 0.2) is 6.61 Å². The zero-order valence-corrected chi connectivity index (χ0v) is 18.2. The van der Waals surface area contributed by atoms with Gasteiger partial charge in [0.1, 0.15) is 5.75 Å². The molecule has 31 heavy (non-hydrogen) atoms. The van der Waals surface area contributed by atoms with Crippen molar-refractivity contribution in [3.8, 4) is 5.75 Å². The van der Waals surface area contributed by atoms with Crippen molar-refractivity contribution >= 4 is 29.1 Å². The number of anilines is 2. The Kier molecular flexibility index (Phi) is 7.28. The van der Waals surface area contributed by atoms with Crippen LogP contribution in [0, 0.1) is 19.8 Å². The van der Waals surface area contributed by atoms with E-state index in [4.69, 9.17) is 4.74 Å². The molecule has 3 rings (SSSR count). The smallest absolute Gasteiger partial charge is 0.262 e. The summed E-state index contributed by atoms with van der Waals surface area (Å²) in [6.45, 7) is 6.75. The first-order valence-corrected chi connectivity index (χ1v) is 10.6. The van der Waals surface area contributed by atoms with Crippen LogP contribution < -0.4 is 20.3 Å². The first-order valence-electron chi connectivity index (χ1n) is 10.6. The fourth-order valence-corrected chi connectivity index (χ4v) is 3.58. The van der Waals surface area contributed by atoms with Crippen LogP contribution in [0.3, 0.4) is 0 Å². The zero-order valence-electron chi connectivity index (χ0n) is 18.2. The molecule has 1 heterocycles. The lowest BCUT2D eigenvalue weighted by Gasteiger charge is -2.17. The van der Waals surface area contributed by atoms with E-state index in [2.05, 4.69) is 10.6 Å². The molecule has 1 unspecified atom stereocenters. The van der Waals surface area contributed by atoms with E-state index in [0.29, 0.717) is 24.5 Å². The van der Waals surface area contributed by atoms with Crippen LogP contribution in [0.5, 0.6) is 5.75 Å². The van der Waals surface area contributed by atoms with Gasteiger partial charge in [-0.25, -0.2) is 0 Å². The lowest BCUT2D eigenvalue weighted by molar-refractivity contribution is -0.126. The van der Waals surface area contributed by atoms with Crippen molar-refractivity contribution in [2.75, 3.05) is 29.9 Å². The first-order chi connectivity index (χ1) is 14.9. The van der Waals surface area contributed by atoms with Gasteiger partial charge in [-0.2, -0.15) is 0 Å². The number of aryl methyl sites for hydroxylation is 2. The molecule has 0 bridgehead atoms. The quantitative estimate of drug-likeness (QED) is 0.683. The molecular weight excluding hydrogens is 394 g/mol. The van der Waals surface area contributed by atoms with Crippen LogP contribution in [0.4, 0.5) is 11.4 Å². The summed E-state index contributed by atoms with van der Waals surface area (Å²) >= 11 is 0. The number of benzene rings is 2. The van der Waals surface area contributed by atoms with Gasteiger partial charge < -0.3 is 20.3 Å². The number of nitrogens with one attached hydrogen (secondary N) is 2. The Balaban J connectivity index is 1.54. The van der Waals surface area contributed by atoms with Crippen molar-refractivity contribution in [2.45, 2.75) is 33.6 Å². The maximum atomic E-state index is 12.4. The maximum Gasteiger partial charge on any atom is 0.262 e. The molecule has 1 saturated heterocycles. The average molecular weight is 424 g/mol. The fourth-order valence-electron chi connectivity index (χ4n) is 3.58. The minimum absolute atomic E-state index is 0.0710. The predicted molar refractivity (Wildman–Crippen MR) is 120 cm³/mol. The second-order valence-electron chi connectivity index (χ2n) is 7.79. The van der Waals surface area contributed by atoms with Crippen molar-refractivity contribution in [3.63, 3.8) is 0 Å². The van der Waals surface area contributed by atoms with E-state index in [1.54, 1.807) is 29.2 Å². The number of hydrogen-bond donors (Lipinski definition) is 2. The molecule has 1 atom stereocenters. The van der Waals surface area contributed by atoms with Crippen LogP contribution in [0.1, 0.15) is 30.9 Å². The molecule has 2 aromatic carbocycles. The minimum Gasteiger partial charge on any atom is -0.484 e. The summed E-state index contributed by atoms with van der Waals surface area (Å²) in [5, 5.41) is 5.74. The largest absolute Gasteiger partial charge is 0.484 e. The molecule has 3 amide bonds. The van der Waals surface area contributed by atoms with Crippen LogP contribution in [0.25, 0.3) is 0 Å². The van der Waals surface area contributed by atoms with Gasteiger partial charge >= 0.3 is 0 Å². The van der Waals surface area contributed by atoms with Gasteiger partial charge in [-0.15, -0.1) is 0 Å². The number of amides is 3. The lowest BCUT2D eigenvalue weighted by Crippen LogP contribution is -2.33. The second-order valence-corrected chi connectivity index (χ2v) is 7.79. The molecule has 1 aliphatic rings. The molecule has 0 aromatic heterocycles. The Morgan fingerprint density at radius 2 is 1.77 bits per heavy atom. The number of carbonyl (C=O) groups is 3. The number of ether oxygens (including phenoxy) is 1. The Morgan fingerprint density at radius 1 is 1.10 bits per heavy atom. The van der Waals surface area contributed by atoms with Crippen LogP contribution in [0.15, 0.2) is 42.5 Å². The SMILES string of the molecule is CCCNC(=O)C1CC(=O)N(c2ccc(OCC(=O)Nc3c(C)cccc3C)cc2)C1. The van der Waals surface area contributed by atoms with Gasteiger partial charge in [0.2, 0.25) is 11.8 Å². The monoisotopic (exact) mass is 423 g/mol. The molecule has 1 fully saturated rings. The zero-order chi connectivity index (χ0) is 22.4. The third-order valence-corrected chi connectivity index (χ3v) is 5.31. The molecule has 7 heteroatoms. The van der Waals surface area contributed by atoms with Gasteiger partial charge in [0.25, 0.3) is 5.91 Å². The van der Waals surface area contributed by atoms with E-state index in [1.165, 1.54) is 0 Å². The molecular formula is C24H29N3O4. The summed E-state index contributed by atoms with van der Waals surface area (Å²) < 4.78 is 5.59. The van der Waals surface area contributed by atoms with Crippen LogP contribution in [-0.2, 0) is 14.4 Å². The van der Waals surface area contributed by atoms with E-state index < -0.39 is 0 Å². The van der Waals surface area contributed by atoms with E-state index in [0.717, 1.165) is 23.2 Å². The molecule has 7 nitrogen and oxygen atoms in total. The second kappa shape index (κ2) is 10.1. The Hall–Kier alpha value is -3.35. The van der Waals surface area contributed by atoms with Crippen molar-refractivity contribution in [2.24, 2.45) is 5.92 Å². The van der Waals surface area contributed by atoms with Gasteiger partial charge in [-0.05, 0) is 55.7 Å². The van der Waals surface area contributed by atoms with Gasteiger partial charge in [-0.3, -0.25) is 14.4 Å². The molecule has 1 aliphatic heterocycles. The van der Waals surface area contributed by atoms with Crippen LogP contribution >= 0.6 is 0 Å². The lowest BCUT2D eigenvalue weighted by atomic mass is 10.1. The molecule has 164 valence electrons. The third-order valence-electron chi connectivity index (χ3n) is 5.31. The number of nitrogens with zero attached hydrogens (tertiary/aromatic N) is 1. The highest BCUT2D eigenvalue weighted by atomic mass is 16.5. The normalized spacial score (nSPS) is 15.6. The first kappa shape index (κ1) is 22.3. The van der Waals surface area contributed by atoms with E-state index in [9.17, 15) is 14.4 Å². The Bertz CT molecular complexity index is 936. The molecule has 0 radical (unpaired) electrons. The number of para-hydroxylation sites is 1. The number of carbonyl (C=O) groups excluding carboxylic acids is 3. The Morgan fingerprint density at radius 3 is 2.42 bits per heavy atom. The summed E-state index contributed by atoms with van der Waals surface area (Å²) in [7, 11) is 0. The minimum atomic E-state index is -0.330. The molecule has 0 saturated carbocycles. The molecule has 0 spiro atoms. The fraction of sp³-hybridized carbons (Fsp3) is 0.375. The van der Waals surface area contributed by atoms with Gasteiger partial charge in [0, 0.05) is 30.9 Å². The predicted octanol–water partition coefficient (Wildman–Crippen LogP) is 3.20. The van der Waals surface area contributed by atoms with Gasteiger partial charge in [-0.1, -0.05) is 25.1 Å². The van der Waals surface area contributed by atoms with Crippen molar-refractivity contribution in [3.05, 3.63) is 53.6 Å². The summed E-state index contributed by atoms with van der Waals surface area (Å²) in [6, 6.07) is 12.8. The third kappa shape index (κ3) is 5.63.